The first-order valence-corrected chi connectivity index (χ1v) is 9.82. The molecule has 0 aliphatic heterocycles. The summed E-state index contributed by atoms with van der Waals surface area (Å²) in [5.74, 6) is 0. The van der Waals surface area contributed by atoms with Gasteiger partial charge in [0.15, 0.2) is 0 Å². The van der Waals surface area contributed by atoms with Crippen molar-refractivity contribution in [2.45, 2.75) is 78.3 Å². The van der Waals surface area contributed by atoms with Crippen molar-refractivity contribution >= 4 is 0 Å². The molecule has 3 nitrogen and oxygen atoms in total. The molecule has 1 aromatic carbocycles. The first-order chi connectivity index (χ1) is 12.3. The van der Waals surface area contributed by atoms with Crippen molar-refractivity contribution in [1.29, 1.82) is 0 Å². The quantitative estimate of drug-likeness (QED) is 0.714. The van der Waals surface area contributed by atoms with Gasteiger partial charge in [0, 0.05) is 17.3 Å². The van der Waals surface area contributed by atoms with Gasteiger partial charge >= 0.3 is 0 Å². The minimum atomic E-state index is -0.0100. The van der Waals surface area contributed by atoms with Crippen LogP contribution in [0.2, 0.25) is 0 Å². The number of aromatic nitrogens is 1. The molecule has 0 aliphatic rings. The molecule has 0 saturated carbocycles. The van der Waals surface area contributed by atoms with Crippen LogP contribution in [0.5, 0.6) is 0 Å². The van der Waals surface area contributed by atoms with Crippen LogP contribution >= 0.6 is 0 Å². The summed E-state index contributed by atoms with van der Waals surface area (Å²) in [5, 5.41) is 3.77. The molecule has 2 rings (SSSR count). The molecule has 0 saturated heterocycles. The summed E-state index contributed by atoms with van der Waals surface area (Å²) in [6, 6.07) is 13.2. The normalized spacial score (nSPS) is 14.2. The molecule has 2 N–H and O–H groups in total. The molecule has 2 atom stereocenters. The number of pyridine rings is 1. The zero-order chi connectivity index (χ0) is 19.3. The van der Waals surface area contributed by atoms with Crippen LogP contribution in [-0.2, 0) is 5.41 Å². The predicted octanol–water partition coefficient (Wildman–Crippen LogP) is 5.24. The van der Waals surface area contributed by atoms with Crippen LogP contribution in [0.4, 0.5) is 0 Å². The van der Waals surface area contributed by atoms with E-state index in [1.807, 2.05) is 19.1 Å². The third kappa shape index (κ3) is 5.07. The molecule has 1 aromatic heterocycles. The Balaban J connectivity index is 2.42. The van der Waals surface area contributed by atoms with E-state index in [0.29, 0.717) is 6.04 Å². The average molecular weight is 355 g/mol. The van der Waals surface area contributed by atoms with Crippen LogP contribution in [-0.4, -0.2) is 11.0 Å². The minimum absolute atomic E-state index is 0.00572. The lowest BCUT2D eigenvalue weighted by atomic mass is 9.86. The maximum Gasteiger partial charge on any atom is 0.251 e. The molecule has 0 amide bonds. The van der Waals surface area contributed by atoms with Crippen molar-refractivity contribution in [3.8, 4) is 0 Å². The second-order valence-corrected chi connectivity index (χ2v) is 8.29. The Bertz CT molecular complexity index is 753. The second-order valence-electron chi connectivity index (χ2n) is 8.29. The van der Waals surface area contributed by atoms with E-state index in [4.69, 9.17) is 0 Å². The molecule has 0 spiro atoms. The number of aryl methyl sites for hydroxylation is 1. The van der Waals surface area contributed by atoms with Crippen molar-refractivity contribution in [2.75, 3.05) is 0 Å². The number of rotatable bonds is 7. The van der Waals surface area contributed by atoms with Crippen LogP contribution in [0.3, 0.4) is 0 Å². The summed E-state index contributed by atoms with van der Waals surface area (Å²) in [4.78, 5) is 15.2. The highest BCUT2D eigenvalue weighted by molar-refractivity contribution is 5.33. The summed E-state index contributed by atoms with van der Waals surface area (Å²) in [7, 11) is 0. The highest BCUT2D eigenvalue weighted by atomic mass is 16.1. The molecular weight excluding hydrogens is 320 g/mol. The Morgan fingerprint density at radius 2 is 1.69 bits per heavy atom. The van der Waals surface area contributed by atoms with Crippen molar-refractivity contribution in [2.24, 2.45) is 0 Å². The van der Waals surface area contributed by atoms with Crippen LogP contribution in [0, 0.1) is 6.92 Å². The lowest BCUT2D eigenvalue weighted by Crippen LogP contribution is -2.34. The molecule has 142 valence electrons. The Labute approximate surface area is 158 Å². The fraction of sp³-hybridized carbons (Fsp3) is 0.522. The van der Waals surface area contributed by atoms with Gasteiger partial charge in [-0.15, -0.1) is 0 Å². The number of nitrogens with one attached hydrogen (secondary N) is 2. The van der Waals surface area contributed by atoms with Gasteiger partial charge in [0.05, 0.1) is 6.04 Å². The molecular formula is C23H34N2O. The molecule has 26 heavy (non-hydrogen) atoms. The summed E-state index contributed by atoms with van der Waals surface area (Å²) < 4.78 is 0. The van der Waals surface area contributed by atoms with E-state index in [2.05, 4.69) is 69.2 Å². The highest BCUT2D eigenvalue weighted by Gasteiger charge is 2.20. The van der Waals surface area contributed by atoms with Gasteiger partial charge < -0.3 is 10.3 Å². The Kier molecular flexibility index (Phi) is 6.82. The number of aromatic amines is 1. The molecule has 2 unspecified atom stereocenters. The van der Waals surface area contributed by atoms with Gasteiger partial charge in [-0.05, 0) is 42.4 Å². The number of hydrogen-bond acceptors (Lipinski definition) is 2. The van der Waals surface area contributed by atoms with Crippen molar-refractivity contribution in [3.05, 3.63) is 69.1 Å². The fourth-order valence-corrected chi connectivity index (χ4v) is 3.26. The number of benzene rings is 1. The fourth-order valence-electron chi connectivity index (χ4n) is 3.26. The monoisotopic (exact) mass is 354 g/mol. The van der Waals surface area contributed by atoms with Gasteiger partial charge in [0.1, 0.15) is 0 Å². The summed E-state index contributed by atoms with van der Waals surface area (Å²) in [5.41, 5.74) is 4.30. The van der Waals surface area contributed by atoms with E-state index < -0.39 is 0 Å². The maximum atomic E-state index is 12.2. The maximum absolute atomic E-state index is 12.2. The standard InChI is InChI=1S/C23H34N2O/c1-7-9-19(8-2)24-21(20-15-10-16(3)22(26)25-20)17-11-13-18(14-12-17)23(4,5)6/h10-15,19,21,24H,7-9H2,1-6H3,(H,25,26). The van der Waals surface area contributed by atoms with Gasteiger partial charge in [0.25, 0.3) is 5.56 Å². The lowest BCUT2D eigenvalue weighted by Gasteiger charge is -2.27. The summed E-state index contributed by atoms with van der Waals surface area (Å²) in [6.45, 7) is 12.9. The Hall–Kier alpha value is -1.87. The second kappa shape index (κ2) is 8.68. The molecule has 1 heterocycles. The predicted molar refractivity (Wildman–Crippen MR) is 111 cm³/mol. The Morgan fingerprint density at radius 3 is 2.19 bits per heavy atom. The highest BCUT2D eigenvalue weighted by Crippen LogP contribution is 2.27. The molecule has 2 aromatic rings. The first-order valence-electron chi connectivity index (χ1n) is 9.82. The van der Waals surface area contributed by atoms with E-state index >= 15 is 0 Å². The smallest absolute Gasteiger partial charge is 0.251 e. The van der Waals surface area contributed by atoms with E-state index in [0.717, 1.165) is 30.5 Å². The SMILES string of the molecule is CCCC(CC)NC(c1ccc(C(C)(C)C)cc1)c1ccc(C)c(=O)[nH]1. The first kappa shape index (κ1) is 20.4. The van der Waals surface area contributed by atoms with Crippen molar-refractivity contribution in [3.63, 3.8) is 0 Å². The third-order valence-electron chi connectivity index (χ3n) is 5.08. The van der Waals surface area contributed by atoms with Crippen LogP contribution < -0.4 is 10.9 Å². The topological polar surface area (TPSA) is 44.9 Å². The lowest BCUT2D eigenvalue weighted by molar-refractivity contribution is 0.425. The van der Waals surface area contributed by atoms with E-state index in [-0.39, 0.29) is 17.0 Å². The van der Waals surface area contributed by atoms with E-state index in [1.54, 1.807) is 0 Å². The van der Waals surface area contributed by atoms with Gasteiger partial charge in [-0.2, -0.15) is 0 Å². The zero-order valence-corrected chi connectivity index (χ0v) is 17.1. The number of hydrogen-bond donors (Lipinski definition) is 2. The van der Waals surface area contributed by atoms with Crippen molar-refractivity contribution in [1.82, 2.24) is 10.3 Å². The van der Waals surface area contributed by atoms with Crippen molar-refractivity contribution < 1.29 is 0 Å². The Morgan fingerprint density at radius 1 is 1.04 bits per heavy atom. The van der Waals surface area contributed by atoms with E-state index in [1.165, 1.54) is 11.1 Å². The summed E-state index contributed by atoms with van der Waals surface area (Å²) >= 11 is 0. The van der Waals surface area contributed by atoms with Crippen LogP contribution in [0.15, 0.2) is 41.2 Å². The molecule has 0 radical (unpaired) electrons. The van der Waals surface area contributed by atoms with Crippen LogP contribution in [0.25, 0.3) is 0 Å². The summed E-state index contributed by atoms with van der Waals surface area (Å²) in [6.07, 6.45) is 3.34. The third-order valence-corrected chi connectivity index (χ3v) is 5.08. The van der Waals surface area contributed by atoms with Gasteiger partial charge in [-0.25, -0.2) is 0 Å². The average Bonchev–Trinajstić information content (AvgIpc) is 2.60. The van der Waals surface area contributed by atoms with Crippen LogP contribution in [0.1, 0.15) is 82.3 Å². The molecule has 0 aliphatic carbocycles. The van der Waals surface area contributed by atoms with Gasteiger partial charge in [-0.1, -0.05) is 71.4 Å². The molecule has 3 heteroatoms. The van der Waals surface area contributed by atoms with E-state index in [9.17, 15) is 4.79 Å². The molecule has 0 fully saturated rings. The van der Waals surface area contributed by atoms with Gasteiger partial charge in [-0.3, -0.25) is 4.79 Å². The largest absolute Gasteiger partial charge is 0.324 e. The molecule has 0 bridgehead atoms. The van der Waals surface area contributed by atoms with Gasteiger partial charge in [0.2, 0.25) is 0 Å². The number of H-pyrrole nitrogens is 1. The minimum Gasteiger partial charge on any atom is -0.324 e. The zero-order valence-electron chi connectivity index (χ0n) is 17.1.